The number of carbonyl (C=O) groups is 2. The normalized spacial score (nSPS) is 26.7. The molecule has 1 saturated carbocycles. The average molecular weight is 262 g/mol. The number of amides is 1. The molecule has 1 aromatic rings. The number of hydrogen-bond donors (Lipinski definition) is 1. The van der Waals surface area contributed by atoms with Crippen molar-refractivity contribution >= 4 is 11.9 Å². The smallest absolute Gasteiger partial charge is 0.308 e. The van der Waals surface area contributed by atoms with Gasteiger partial charge in [0.15, 0.2) is 0 Å². The van der Waals surface area contributed by atoms with Crippen LogP contribution in [0.2, 0.25) is 0 Å². The first-order valence-electron chi connectivity index (χ1n) is 6.77. The predicted molar refractivity (Wildman–Crippen MR) is 68.9 cm³/mol. The Labute approximate surface area is 111 Å². The van der Waals surface area contributed by atoms with Crippen molar-refractivity contribution in [3.63, 3.8) is 0 Å². The van der Waals surface area contributed by atoms with Crippen molar-refractivity contribution in [1.82, 2.24) is 9.47 Å². The van der Waals surface area contributed by atoms with Gasteiger partial charge in [-0.1, -0.05) is 6.92 Å². The monoisotopic (exact) mass is 262 g/mol. The van der Waals surface area contributed by atoms with Gasteiger partial charge >= 0.3 is 5.97 Å². The second-order valence-corrected chi connectivity index (χ2v) is 5.66. The summed E-state index contributed by atoms with van der Waals surface area (Å²) in [6.45, 7) is 2.75. The first-order valence-corrected chi connectivity index (χ1v) is 6.77. The van der Waals surface area contributed by atoms with E-state index in [4.69, 9.17) is 5.11 Å². The zero-order valence-electron chi connectivity index (χ0n) is 11.0. The maximum absolute atomic E-state index is 12.5. The number of carboxylic acid groups (broad SMARTS) is 1. The third-order valence-corrected chi connectivity index (χ3v) is 4.16. The van der Waals surface area contributed by atoms with Crippen LogP contribution >= 0.6 is 0 Å². The van der Waals surface area contributed by atoms with Crippen LogP contribution in [-0.2, 0) is 4.79 Å². The molecule has 1 aliphatic carbocycles. The molecule has 3 rings (SSSR count). The molecular formula is C14H18N2O3. The van der Waals surface area contributed by atoms with Gasteiger partial charge in [-0.15, -0.1) is 0 Å². The molecule has 19 heavy (non-hydrogen) atoms. The Bertz CT molecular complexity index is 519. The van der Waals surface area contributed by atoms with E-state index in [0.29, 0.717) is 24.8 Å². The Morgan fingerprint density at radius 3 is 2.63 bits per heavy atom. The number of carboxylic acids is 1. The van der Waals surface area contributed by atoms with E-state index >= 15 is 0 Å². The van der Waals surface area contributed by atoms with Gasteiger partial charge in [0.2, 0.25) is 0 Å². The van der Waals surface area contributed by atoms with Gasteiger partial charge in [0.1, 0.15) is 5.69 Å². The van der Waals surface area contributed by atoms with Crippen LogP contribution in [0.1, 0.15) is 36.3 Å². The fourth-order valence-electron chi connectivity index (χ4n) is 2.86. The topological polar surface area (TPSA) is 62.5 Å². The Kier molecular flexibility index (Phi) is 2.84. The van der Waals surface area contributed by atoms with E-state index in [1.807, 2.05) is 29.8 Å². The average Bonchev–Trinajstić information content (AvgIpc) is 2.96. The number of rotatable bonds is 3. The Balaban J connectivity index is 1.77. The molecule has 5 nitrogen and oxygen atoms in total. The van der Waals surface area contributed by atoms with E-state index in [-0.39, 0.29) is 11.8 Å². The molecule has 1 N–H and O–H groups in total. The van der Waals surface area contributed by atoms with Crippen LogP contribution in [0, 0.1) is 11.8 Å². The molecule has 0 radical (unpaired) electrons. The largest absolute Gasteiger partial charge is 0.481 e. The molecular weight excluding hydrogens is 244 g/mol. The van der Waals surface area contributed by atoms with Gasteiger partial charge in [-0.3, -0.25) is 9.59 Å². The standard InChI is InChI=1S/C14H18N2O3/c1-9-7-15(8-11(9)14(18)19)13(17)12-3-2-6-16(12)10-4-5-10/h2-3,6,9-11H,4-5,7-8H2,1H3,(H,18,19)/t9-,11-/m1/s1. The molecule has 1 aliphatic heterocycles. The maximum atomic E-state index is 12.5. The summed E-state index contributed by atoms with van der Waals surface area (Å²) < 4.78 is 2.03. The van der Waals surface area contributed by atoms with Gasteiger partial charge in [0.05, 0.1) is 5.92 Å². The van der Waals surface area contributed by atoms with Gasteiger partial charge in [0, 0.05) is 25.3 Å². The molecule has 1 amide bonds. The third-order valence-electron chi connectivity index (χ3n) is 4.16. The zero-order chi connectivity index (χ0) is 13.6. The molecule has 1 aromatic heterocycles. The van der Waals surface area contributed by atoms with Gasteiger partial charge in [-0.25, -0.2) is 0 Å². The summed E-state index contributed by atoms with van der Waals surface area (Å²) in [5, 5.41) is 9.12. The van der Waals surface area contributed by atoms with E-state index in [2.05, 4.69) is 0 Å². The highest BCUT2D eigenvalue weighted by molar-refractivity contribution is 5.93. The summed E-state index contributed by atoms with van der Waals surface area (Å²) in [5.41, 5.74) is 0.695. The van der Waals surface area contributed by atoms with E-state index in [9.17, 15) is 9.59 Å². The van der Waals surface area contributed by atoms with Gasteiger partial charge in [-0.2, -0.15) is 0 Å². The van der Waals surface area contributed by atoms with Crippen molar-refractivity contribution < 1.29 is 14.7 Å². The molecule has 2 atom stereocenters. The van der Waals surface area contributed by atoms with Crippen LogP contribution in [0.15, 0.2) is 18.3 Å². The second kappa shape index (κ2) is 4.40. The quantitative estimate of drug-likeness (QED) is 0.900. The van der Waals surface area contributed by atoms with Crippen molar-refractivity contribution in [3.8, 4) is 0 Å². The van der Waals surface area contributed by atoms with E-state index in [0.717, 1.165) is 12.8 Å². The van der Waals surface area contributed by atoms with E-state index in [1.165, 1.54) is 0 Å². The molecule has 2 heterocycles. The molecule has 2 aliphatic rings. The van der Waals surface area contributed by atoms with E-state index in [1.54, 1.807) is 4.90 Å². The molecule has 2 fully saturated rings. The number of nitrogens with zero attached hydrogens (tertiary/aromatic N) is 2. The Morgan fingerprint density at radius 2 is 2.05 bits per heavy atom. The second-order valence-electron chi connectivity index (χ2n) is 5.66. The summed E-state index contributed by atoms with van der Waals surface area (Å²) >= 11 is 0. The number of hydrogen-bond acceptors (Lipinski definition) is 2. The van der Waals surface area contributed by atoms with Crippen molar-refractivity contribution in [2.45, 2.75) is 25.8 Å². The van der Waals surface area contributed by atoms with Crippen LogP contribution in [-0.4, -0.2) is 39.5 Å². The van der Waals surface area contributed by atoms with Crippen LogP contribution in [0.25, 0.3) is 0 Å². The number of aliphatic carboxylic acids is 1. The lowest BCUT2D eigenvalue weighted by Crippen LogP contribution is -2.31. The minimum atomic E-state index is -0.805. The van der Waals surface area contributed by atoms with Crippen LogP contribution in [0.5, 0.6) is 0 Å². The lowest BCUT2D eigenvalue weighted by molar-refractivity contribution is -0.142. The molecule has 0 bridgehead atoms. The number of aromatic nitrogens is 1. The summed E-state index contributed by atoms with van der Waals surface area (Å²) in [7, 11) is 0. The van der Waals surface area contributed by atoms with Crippen LogP contribution < -0.4 is 0 Å². The van der Waals surface area contributed by atoms with Crippen molar-refractivity contribution in [1.29, 1.82) is 0 Å². The summed E-state index contributed by atoms with van der Waals surface area (Å²) in [4.78, 5) is 25.3. The van der Waals surface area contributed by atoms with E-state index < -0.39 is 11.9 Å². The molecule has 0 spiro atoms. The highest BCUT2D eigenvalue weighted by atomic mass is 16.4. The maximum Gasteiger partial charge on any atom is 0.308 e. The fourth-order valence-corrected chi connectivity index (χ4v) is 2.86. The molecule has 102 valence electrons. The highest BCUT2D eigenvalue weighted by Gasteiger charge is 2.38. The third kappa shape index (κ3) is 2.13. The summed E-state index contributed by atoms with van der Waals surface area (Å²) in [5.74, 6) is -1.26. The molecule has 0 aromatic carbocycles. The SMILES string of the molecule is C[C@@H]1CN(C(=O)c2cccn2C2CC2)C[C@H]1C(=O)O. The van der Waals surface area contributed by atoms with Gasteiger partial charge in [0.25, 0.3) is 5.91 Å². The summed E-state index contributed by atoms with van der Waals surface area (Å²) in [6.07, 6.45) is 4.20. The summed E-state index contributed by atoms with van der Waals surface area (Å²) in [6, 6.07) is 4.18. The lowest BCUT2D eigenvalue weighted by Gasteiger charge is -2.17. The van der Waals surface area contributed by atoms with Crippen LogP contribution in [0.3, 0.4) is 0 Å². The minimum Gasteiger partial charge on any atom is -0.481 e. The first kappa shape index (κ1) is 12.3. The highest BCUT2D eigenvalue weighted by Crippen LogP contribution is 2.36. The number of carbonyl (C=O) groups excluding carboxylic acids is 1. The van der Waals surface area contributed by atoms with Crippen molar-refractivity contribution in [3.05, 3.63) is 24.0 Å². The van der Waals surface area contributed by atoms with Gasteiger partial charge in [-0.05, 0) is 30.9 Å². The Morgan fingerprint density at radius 1 is 1.32 bits per heavy atom. The molecule has 5 heteroatoms. The van der Waals surface area contributed by atoms with Gasteiger partial charge < -0.3 is 14.6 Å². The molecule has 0 unspecified atom stereocenters. The predicted octanol–water partition coefficient (Wildman–Crippen LogP) is 1.62. The number of likely N-dealkylation sites (tertiary alicyclic amines) is 1. The zero-order valence-corrected chi connectivity index (χ0v) is 11.0. The lowest BCUT2D eigenvalue weighted by atomic mass is 9.99. The van der Waals surface area contributed by atoms with Crippen LogP contribution in [0.4, 0.5) is 0 Å². The van der Waals surface area contributed by atoms with Crippen molar-refractivity contribution in [2.24, 2.45) is 11.8 Å². The first-order chi connectivity index (χ1) is 9.08. The Hall–Kier alpha value is -1.78. The fraction of sp³-hybridized carbons (Fsp3) is 0.571. The van der Waals surface area contributed by atoms with Crippen molar-refractivity contribution in [2.75, 3.05) is 13.1 Å². The molecule has 1 saturated heterocycles. The minimum absolute atomic E-state index is 0.0192.